The summed E-state index contributed by atoms with van der Waals surface area (Å²) < 4.78 is 7.04. The molecule has 2 rings (SSSR count). The molecule has 0 saturated carbocycles. The van der Waals surface area contributed by atoms with Crippen molar-refractivity contribution in [1.29, 1.82) is 0 Å². The Bertz CT molecular complexity index is 436. The molecule has 0 radical (unpaired) electrons. The van der Waals surface area contributed by atoms with E-state index in [1.54, 1.807) is 17.1 Å². The summed E-state index contributed by atoms with van der Waals surface area (Å²) in [5.41, 5.74) is 4.90. The first-order valence-corrected chi connectivity index (χ1v) is 6.66. The molecule has 1 fully saturated rings. The monoisotopic (exact) mass is 266 g/mol. The molecule has 1 saturated heterocycles. The largest absolute Gasteiger partial charge is 0.382 e. The number of hydrogen-bond donors (Lipinski definition) is 2. The number of carbonyl (C=O) groups is 1. The summed E-state index contributed by atoms with van der Waals surface area (Å²) in [4.78, 5) is 16.2. The fourth-order valence-corrected chi connectivity index (χ4v) is 2.16. The van der Waals surface area contributed by atoms with E-state index in [-0.39, 0.29) is 5.91 Å². The Labute approximate surface area is 113 Å². The van der Waals surface area contributed by atoms with Crippen LogP contribution in [0.15, 0.2) is 12.5 Å². The number of nitrogens with two attached hydrogens (primary N) is 1. The maximum Gasteiger partial charge on any atom is 0.245 e. The van der Waals surface area contributed by atoms with Crippen LogP contribution in [-0.4, -0.2) is 35.2 Å². The Hall–Kier alpha value is -1.56. The molecule has 0 aromatic carbocycles. The van der Waals surface area contributed by atoms with Crippen LogP contribution in [0.1, 0.15) is 26.7 Å². The van der Waals surface area contributed by atoms with E-state index in [4.69, 9.17) is 10.5 Å². The third-order valence-electron chi connectivity index (χ3n) is 3.70. The molecular weight excluding hydrogens is 244 g/mol. The number of aromatic nitrogens is 2. The lowest BCUT2D eigenvalue weighted by molar-refractivity contribution is -0.128. The van der Waals surface area contributed by atoms with Crippen molar-refractivity contribution in [3.05, 3.63) is 12.5 Å². The van der Waals surface area contributed by atoms with Crippen LogP contribution >= 0.6 is 0 Å². The Balaban J connectivity index is 1.91. The molecule has 6 heteroatoms. The van der Waals surface area contributed by atoms with Crippen molar-refractivity contribution >= 4 is 11.7 Å². The first kappa shape index (κ1) is 13.9. The first-order chi connectivity index (χ1) is 9.00. The standard InChI is InChI=1S/C13H22N4O2/c1-13(2,17-8-11(14)16-9-17)12(18)15-7-10-3-5-19-6-4-10/h8-10H,3-7,14H2,1-2H3,(H,15,18). The van der Waals surface area contributed by atoms with Crippen LogP contribution in [0.25, 0.3) is 0 Å². The van der Waals surface area contributed by atoms with Crippen LogP contribution in [0, 0.1) is 5.92 Å². The van der Waals surface area contributed by atoms with Crippen molar-refractivity contribution in [3.8, 4) is 0 Å². The molecule has 0 bridgehead atoms. The molecule has 1 aromatic heterocycles. The summed E-state index contributed by atoms with van der Waals surface area (Å²) in [5, 5.41) is 3.02. The average molecular weight is 266 g/mol. The third-order valence-corrected chi connectivity index (χ3v) is 3.70. The fourth-order valence-electron chi connectivity index (χ4n) is 2.16. The summed E-state index contributed by atoms with van der Waals surface area (Å²) >= 11 is 0. The van der Waals surface area contributed by atoms with Gasteiger partial charge >= 0.3 is 0 Å². The topological polar surface area (TPSA) is 82.2 Å². The highest BCUT2D eigenvalue weighted by Crippen LogP contribution is 2.18. The van der Waals surface area contributed by atoms with Gasteiger partial charge in [0.05, 0.1) is 6.33 Å². The molecule has 0 atom stereocenters. The van der Waals surface area contributed by atoms with Crippen LogP contribution in [0.4, 0.5) is 5.82 Å². The lowest BCUT2D eigenvalue weighted by Gasteiger charge is -2.28. The minimum Gasteiger partial charge on any atom is -0.382 e. The van der Waals surface area contributed by atoms with Gasteiger partial charge in [0.15, 0.2) is 0 Å². The van der Waals surface area contributed by atoms with E-state index >= 15 is 0 Å². The summed E-state index contributed by atoms with van der Waals surface area (Å²) in [7, 11) is 0. The van der Waals surface area contributed by atoms with E-state index < -0.39 is 5.54 Å². The molecule has 0 spiro atoms. The molecular formula is C13H22N4O2. The average Bonchev–Trinajstić information content (AvgIpc) is 2.84. The van der Waals surface area contributed by atoms with Gasteiger partial charge in [0.25, 0.3) is 0 Å². The summed E-state index contributed by atoms with van der Waals surface area (Å²) in [6, 6.07) is 0. The maximum atomic E-state index is 12.3. The normalized spacial score (nSPS) is 17.4. The van der Waals surface area contributed by atoms with Crippen LogP contribution in [0.3, 0.4) is 0 Å². The number of amides is 1. The molecule has 3 N–H and O–H groups in total. The van der Waals surface area contributed by atoms with E-state index in [1.165, 1.54) is 0 Å². The maximum absolute atomic E-state index is 12.3. The number of nitrogen functional groups attached to an aromatic ring is 1. The number of anilines is 1. The van der Waals surface area contributed by atoms with Crippen LogP contribution in [0.5, 0.6) is 0 Å². The van der Waals surface area contributed by atoms with Crippen molar-refractivity contribution in [3.63, 3.8) is 0 Å². The van der Waals surface area contributed by atoms with E-state index in [9.17, 15) is 4.79 Å². The quantitative estimate of drug-likeness (QED) is 0.842. The van der Waals surface area contributed by atoms with Gasteiger partial charge in [-0.2, -0.15) is 0 Å². The highest BCUT2D eigenvalue weighted by atomic mass is 16.5. The highest BCUT2D eigenvalue weighted by Gasteiger charge is 2.30. The fraction of sp³-hybridized carbons (Fsp3) is 0.692. The van der Waals surface area contributed by atoms with Crippen molar-refractivity contribution in [2.75, 3.05) is 25.5 Å². The summed E-state index contributed by atoms with van der Waals surface area (Å²) in [6.45, 7) is 6.00. The van der Waals surface area contributed by atoms with Gasteiger partial charge in [-0.25, -0.2) is 4.98 Å². The Morgan fingerprint density at radius 1 is 1.58 bits per heavy atom. The number of rotatable bonds is 4. The van der Waals surface area contributed by atoms with Crippen LogP contribution < -0.4 is 11.1 Å². The molecule has 106 valence electrons. The van der Waals surface area contributed by atoms with Crippen molar-refractivity contribution in [2.24, 2.45) is 5.92 Å². The molecule has 1 aliphatic rings. The SMILES string of the molecule is CC(C)(C(=O)NCC1CCOCC1)n1cnc(N)c1. The molecule has 1 aliphatic heterocycles. The number of hydrogen-bond acceptors (Lipinski definition) is 4. The van der Waals surface area contributed by atoms with Crippen molar-refractivity contribution in [1.82, 2.24) is 14.9 Å². The minimum absolute atomic E-state index is 0.0172. The zero-order chi connectivity index (χ0) is 13.9. The zero-order valence-electron chi connectivity index (χ0n) is 11.6. The molecule has 2 heterocycles. The predicted molar refractivity (Wildman–Crippen MR) is 72.5 cm³/mol. The molecule has 19 heavy (non-hydrogen) atoms. The zero-order valence-corrected chi connectivity index (χ0v) is 11.6. The van der Waals surface area contributed by atoms with Crippen LogP contribution in [0.2, 0.25) is 0 Å². The highest BCUT2D eigenvalue weighted by molar-refractivity contribution is 5.83. The van der Waals surface area contributed by atoms with Crippen molar-refractivity contribution in [2.45, 2.75) is 32.2 Å². The number of nitrogens with one attached hydrogen (secondary N) is 1. The van der Waals surface area contributed by atoms with Gasteiger partial charge in [-0.1, -0.05) is 0 Å². The lowest BCUT2D eigenvalue weighted by atomic mass is 9.99. The Morgan fingerprint density at radius 2 is 2.26 bits per heavy atom. The first-order valence-electron chi connectivity index (χ1n) is 6.66. The van der Waals surface area contributed by atoms with E-state index in [0.29, 0.717) is 18.3 Å². The lowest BCUT2D eigenvalue weighted by Crippen LogP contribution is -2.45. The second-order valence-corrected chi connectivity index (χ2v) is 5.53. The third kappa shape index (κ3) is 3.26. The van der Waals surface area contributed by atoms with Crippen molar-refractivity contribution < 1.29 is 9.53 Å². The molecule has 0 aliphatic carbocycles. The smallest absolute Gasteiger partial charge is 0.245 e. The molecule has 0 unspecified atom stereocenters. The van der Waals surface area contributed by atoms with Gasteiger partial charge in [-0.3, -0.25) is 4.79 Å². The van der Waals surface area contributed by atoms with Gasteiger partial charge < -0.3 is 20.4 Å². The van der Waals surface area contributed by atoms with Gasteiger partial charge in [0.1, 0.15) is 11.4 Å². The van der Waals surface area contributed by atoms with Gasteiger partial charge in [0, 0.05) is 26.0 Å². The molecule has 1 amide bonds. The number of ether oxygens (including phenoxy) is 1. The van der Waals surface area contributed by atoms with E-state index in [2.05, 4.69) is 10.3 Å². The molecule has 1 aromatic rings. The number of nitrogens with zero attached hydrogens (tertiary/aromatic N) is 2. The number of imidazole rings is 1. The van der Waals surface area contributed by atoms with Gasteiger partial charge in [-0.05, 0) is 32.6 Å². The Kier molecular flexibility index (Phi) is 4.09. The Morgan fingerprint density at radius 3 is 2.84 bits per heavy atom. The van der Waals surface area contributed by atoms with E-state index in [1.807, 2.05) is 13.8 Å². The minimum atomic E-state index is -0.685. The predicted octanol–water partition coefficient (Wildman–Crippen LogP) is 0.743. The van der Waals surface area contributed by atoms with Gasteiger partial charge in [-0.15, -0.1) is 0 Å². The van der Waals surface area contributed by atoms with E-state index in [0.717, 1.165) is 26.1 Å². The van der Waals surface area contributed by atoms with Gasteiger partial charge in [0.2, 0.25) is 5.91 Å². The molecule has 6 nitrogen and oxygen atoms in total. The second-order valence-electron chi connectivity index (χ2n) is 5.53. The summed E-state index contributed by atoms with van der Waals surface area (Å²) in [6.07, 6.45) is 5.29. The van der Waals surface area contributed by atoms with Crippen LogP contribution in [-0.2, 0) is 15.1 Å². The second kappa shape index (κ2) is 5.61. The number of carbonyl (C=O) groups excluding carboxylic acids is 1. The summed E-state index contributed by atoms with van der Waals surface area (Å²) in [5.74, 6) is 0.919.